The van der Waals surface area contributed by atoms with E-state index in [1.165, 1.54) is 0 Å². The largest absolute Gasteiger partial charge is 0.490 e. The lowest BCUT2D eigenvalue weighted by atomic mass is 10.1. The van der Waals surface area contributed by atoms with Crippen LogP contribution in [0.2, 0.25) is 5.15 Å². The zero-order valence-corrected chi connectivity index (χ0v) is 16.3. The van der Waals surface area contributed by atoms with Gasteiger partial charge in [-0.3, -0.25) is 4.79 Å². The third kappa shape index (κ3) is 4.87. The summed E-state index contributed by atoms with van der Waals surface area (Å²) < 4.78 is 6.04. The van der Waals surface area contributed by atoms with Crippen LogP contribution in [0.1, 0.15) is 35.9 Å². The lowest BCUT2D eigenvalue weighted by molar-refractivity contribution is 0.0996. The number of benzene rings is 1. The van der Waals surface area contributed by atoms with E-state index in [1.54, 1.807) is 0 Å². The SMILES string of the molecule is CCc1nc(C(N)=O)c(Nc2ccc(OC3CCN(C)CC3)cc2)nc1Cl. The summed E-state index contributed by atoms with van der Waals surface area (Å²) in [6.07, 6.45) is 2.86. The molecule has 0 spiro atoms. The lowest BCUT2D eigenvalue weighted by Crippen LogP contribution is -2.35. The minimum absolute atomic E-state index is 0.0721. The molecular formula is C19H24ClN5O2. The third-order valence-corrected chi connectivity index (χ3v) is 4.88. The number of nitrogens with zero attached hydrogens (tertiary/aromatic N) is 3. The van der Waals surface area contributed by atoms with E-state index in [1.807, 2.05) is 31.2 Å². The predicted molar refractivity (Wildman–Crippen MR) is 106 cm³/mol. The molecule has 0 bridgehead atoms. The van der Waals surface area contributed by atoms with Crippen LogP contribution in [0.25, 0.3) is 0 Å². The maximum atomic E-state index is 11.7. The number of primary amides is 1. The van der Waals surface area contributed by atoms with Gasteiger partial charge in [-0.05, 0) is 50.6 Å². The van der Waals surface area contributed by atoms with E-state index in [4.69, 9.17) is 22.1 Å². The van der Waals surface area contributed by atoms with Gasteiger partial charge < -0.3 is 20.7 Å². The molecule has 1 aliphatic heterocycles. The average Bonchev–Trinajstić information content (AvgIpc) is 2.65. The molecule has 2 heterocycles. The Morgan fingerprint density at radius 3 is 2.56 bits per heavy atom. The van der Waals surface area contributed by atoms with Gasteiger partial charge in [0.2, 0.25) is 0 Å². The number of halogens is 1. The Bertz CT molecular complexity index is 804. The Labute approximate surface area is 163 Å². The predicted octanol–water partition coefficient (Wildman–Crippen LogP) is 3.01. The summed E-state index contributed by atoms with van der Waals surface area (Å²) in [5.41, 5.74) is 6.78. The number of ether oxygens (including phenoxy) is 1. The molecule has 0 saturated carbocycles. The highest BCUT2D eigenvalue weighted by Gasteiger charge is 2.18. The highest BCUT2D eigenvalue weighted by molar-refractivity contribution is 6.30. The number of nitrogens with two attached hydrogens (primary N) is 1. The first-order valence-corrected chi connectivity index (χ1v) is 9.42. The number of nitrogens with one attached hydrogen (secondary N) is 1. The summed E-state index contributed by atoms with van der Waals surface area (Å²) in [7, 11) is 2.12. The first-order chi connectivity index (χ1) is 13.0. The van der Waals surface area contributed by atoms with E-state index in [0.29, 0.717) is 12.1 Å². The first kappa shape index (κ1) is 19.4. The summed E-state index contributed by atoms with van der Waals surface area (Å²) in [4.78, 5) is 22.5. The molecule has 1 saturated heterocycles. The molecule has 2 aromatic rings. The van der Waals surface area contributed by atoms with Crippen molar-refractivity contribution >= 4 is 29.0 Å². The Kier molecular flexibility index (Phi) is 6.13. The van der Waals surface area contributed by atoms with Crippen molar-refractivity contribution in [2.75, 3.05) is 25.5 Å². The van der Waals surface area contributed by atoms with E-state index < -0.39 is 5.91 Å². The maximum Gasteiger partial charge on any atom is 0.271 e. The van der Waals surface area contributed by atoms with Crippen LogP contribution in [-0.2, 0) is 6.42 Å². The molecule has 1 aliphatic rings. The zero-order chi connectivity index (χ0) is 19.4. The average molecular weight is 390 g/mol. The first-order valence-electron chi connectivity index (χ1n) is 9.04. The van der Waals surface area contributed by atoms with Crippen molar-refractivity contribution in [2.24, 2.45) is 5.73 Å². The van der Waals surface area contributed by atoms with Crippen LogP contribution >= 0.6 is 11.6 Å². The molecule has 0 radical (unpaired) electrons. The number of rotatable bonds is 6. The topological polar surface area (TPSA) is 93.4 Å². The number of carbonyl (C=O) groups excluding carboxylic acids is 1. The molecule has 1 aromatic carbocycles. The summed E-state index contributed by atoms with van der Waals surface area (Å²) in [5.74, 6) is 0.406. The van der Waals surface area contributed by atoms with Crippen molar-refractivity contribution in [3.05, 3.63) is 40.8 Å². The molecule has 1 aromatic heterocycles. The van der Waals surface area contributed by atoms with Gasteiger partial charge in [-0.2, -0.15) is 0 Å². The molecule has 7 nitrogen and oxygen atoms in total. The van der Waals surface area contributed by atoms with Gasteiger partial charge in [-0.25, -0.2) is 9.97 Å². The number of aryl methyl sites for hydroxylation is 1. The molecule has 3 N–H and O–H groups in total. The number of likely N-dealkylation sites (tertiary alicyclic amines) is 1. The number of anilines is 2. The third-order valence-electron chi connectivity index (χ3n) is 4.57. The van der Waals surface area contributed by atoms with Crippen molar-refractivity contribution in [3.8, 4) is 5.75 Å². The number of hydrogen-bond donors (Lipinski definition) is 2. The van der Waals surface area contributed by atoms with E-state index in [2.05, 4.69) is 27.2 Å². The molecule has 0 aliphatic carbocycles. The van der Waals surface area contributed by atoms with Crippen LogP contribution in [0, 0.1) is 0 Å². The number of hydrogen-bond acceptors (Lipinski definition) is 6. The van der Waals surface area contributed by atoms with Crippen molar-refractivity contribution in [1.29, 1.82) is 0 Å². The Balaban J connectivity index is 1.71. The van der Waals surface area contributed by atoms with Gasteiger partial charge in [0.1, 0.15) is 11.9 Å². The van der Waals surface area contributed by atoms with E-state index in [0.717, 1.165) is 37.4 Å². The van der Waals surface area contributed by atoms with E-state index >= 15 is 0 Å². The fourth-order valence-corrected chi connectivity index (χ4v) is 3.24. The van der Waals surface area contributed by atoms with Crippen LogP contribution in [-0.4, -0.2) is 47.0 Å². The van der Waals surface area contributed by atoms with E-state index in [9.17, 15) is 4.79 Å². The van der Waals surface area contributed by atoms with Crippen molar-refractivity contribution < 1.29 is 9.53 Å². The van der Waals surface area contributed by atoms with Crippen LogP contribution in [0.15, 0.2) is 24.3 Å². The molecule has 8 heteroatoms. The zero-order valence-electron chi connectivity index (χ0n) is 15.5. The van der Waals surface area contributed by atoms with Gasteiger partial charge in [0.25, 0.3) is 5.91 Å². The fourth-order valence-electron chi connectivity index (χ4n) is 2.98. The summed E-state index contributed by atoms with van der Waals surface area (Å²) in [6, 6.07) is 7.50. The van der Waals surface area contributed by atoms with Crippen LogP contribution in [0.3, 0.4) is 0 Å². The Morgan fingerprint density at radius 2 is 1.96 bits per heavy atom. The Morgan fingerprint density at radius 1 is 1.30 bits per heavy atom. The second kappa shape index (κ2) is 8.54. The highest BCUT2D eigenvalue weighted by atomic mass is 35.5. The second-order valence-electron chi connectivity index (χ2n) is 6.65. The molecule has 1 fully saturated rings. The minimum atomic E-state index is -0.654. The molecule has 1 amide bonds. The van der Waals surface area contributed by atoms with Crippen molar-refractivity contribution in [3.63, 3.8) is 0 Å². The monoisotopic (exact) mass is 389 g/mol. The minimum Gasteiger partial charge on any atom is -0.490 e. The molecular weight excluding hydrogens is 366 g/mol. The van der Waals surface area contributed by atoms with Gasteiger partial charge in [0.05, 0.1) is 5.69 Å². The molecule has 144 valence electrons. The van der Waals surface area contributed by atoms with Gasteiger partial charge in [-0.1, -0.05) is 18.5 Å². The van der Waals surface area contributed by atoms with Crippen molar-refractivity contribution in [1.82, 2.24) is 14.9 Å². The van der Waals surface area contributed by atoms with Crippen molar-refractivity contribution in [2.45, 2.75) is 32.3 Å². The fraction of sp³-hybridized carbons (Fsp3) is 0.421. The molecule has 0 unspecified atom stereocenters. The van der Waals surface area contributed by atoms with Gasteiger partial charge >= 0.3 is 0 Å². The lowest BCUT2D eigenvalue weighted by Gasteiger charge is -2.29. The standard InChI is InChI=1S/C19H24ClN5O2/c1-3-15-17(20)24-19(16(23-15)18(21)26)22-12-4-6-13(7-5-12)27-14-8-10-25(2)11-9-14/h4-7,14H,3,8-11H2,1-2H3,(H2,21,26)(H,22,24). The normalized spacial score (nSPS) is 15.5. The number of carbonyl (C=O) groups is 1. The number of amides is 1. The van der Waals surface area contributed by atoms with Crippen LogP contribution in [0.4, 0.5) is 11.5 Å². The number of aromatic nitrogens is 2. The van der Waals surface area contributed by atoms with Crippen LogP contribution in [0.5, 0.6) is 5.75 Å². The summed E-state index contributed by atoms with van der Waals surface area (Å²) >= 11 is 6.13. The van der Waals surface area contributed by atoms with Gasteiger partial charge in [0, 0.05) is 18.8 Å². The Hall–Kier alpha value is -2.38. The number of piperidine rings is 1. The smallest absolute Gasteiger partial charge is 0.271 e. The molecule has 3 rings (SSSR count). The van der Waals surface area contributed by atoms with E-state index in [-0.39, 0.29) is 22.8 Å². The summed E-state index contributed by atoms with van der Waals surface area (Å²) in [6.45, 7) is 3.98. The second-order valence-corrected chi connectivity index (χ2v) is 7.00. The summed E-state index contributed by atoms with van der Waals surface area (Å²) in [5, 5.41) is 3.32. The highest BCUT2D eigenvalue weighted by Crippen LogP contribution is 2.25. The molecule has 0 atom stereocenters. The quantitative estimate of drug-likeness (QED) is 0.788. The molecule has 27 heavy (non-hydrogen) atoms. The maximum absolute atomic E-state index is 11.7. The van der Waals surface area contributed by atoms with Gasteiger partial charge in [-0.15, -0.1) is 0 Å². The van der Waals surface area contributed by atoms with Crippen LogP contribution < -0.4 is 15.8 Å². The van der Waals surface area contributed by atoms with Gasteiger partial charge in [0.15, 0.2) is 16.7 Å².